The summed E-state index contributed by atoms with van der Waals surface area (Å²) >= 11 is 0. The van der Waals surface area contributed by atoms with Crippen molar-refractivity contribution in [3.63, 3.8) is 0 Å². The number of hydrogen-bond donors (Lipinski definition) is 2. The van der Waals surface area contributed by atoms with E-state index >= 15 is 0 Å². The fourth-order valence-electron chi connectivity index (χ4n) is 3.10. The highest BCUT2D eigenvalue weighted by atomic mass is 32.2. The minimum atomic E-state index is -3.72. The number of nitriles is 1. The molecule has 2 amide bonds. The highest BCUT2D eigenvalue weighted by molar-refractivity contribution is 7.89. The second-order valence-electron chi connectivity index (χ2n) is 6.68. The van der Waals surface area contributed by atoms with Crippen molar-refractivity contribution in [2.24, 2.45) is 0 Å². The molecule has 1 heterocycles. The van der Waals surface area contributed by atoms with Gasteiger partial charge in [0, 0.05) is 24.8 Å². The molecule has 0 atom stereocenters. The number of nitrogens with one attached hydrogen (secondary N) is 2. The summed E-state index contributed by atoms with van der Waals surface area (Å²) in [5.41, 5.74) is 0.953. The van der Waals surface area contributed by atoms with Crippen LogP contribution in [0, 0.1) is 11.3 Å². The number of rotatable bonds is 5. The van der Waals surface area contributed by atoms with Gasteiger partial charge in [0.15, 0.2) is 0 Å². The van der Waals surface area contributed by atoms with Crippen LogP contribution in [0.5, 0.6) is 5.75 Å². The van der Waals surface area contributed by atoms with Crippen LogP contribution in [0.25, 0.3) is 0 Å². The van der Waals surface area contributed by atoms with Crippen molar-refractivity contribution in [2.45, 2.75) is 23.8 Å². The van der Waals surface area contributed by atoms with E-state index in [1.54, 1.807) is 48.4 Å². The SMILES string of the molecule is COc1ccc(NC(=O)N2CCC(NS(=O)(=O)c3cccc(C#N)c3)CC2)cc1. The van der Waals surface area contributed by atoms with Gasteiger partial charge in [-0.1, -0.05) is 6.07 Å². The largest absolute Gasteiger partial charge is 0.497 e. The molecule has 1 saturated heterocycles. The molecule has 0 bridgehead atoms. The molecule has 1 aliphatic rings. The maximum Gasteiger partial charge on any atom is 0.321 e. The summed E-state index contributed by atoms with van der Waals surface area (Å²) in [6.07, 6.45) is 1.01. The first-order valence-electron chi connectivity index (χ1n) is 9.14. The summed E-state index contributed by atoms with van der Waals surface area (Å²) in [6, 6.07) is 14.4. The van der Waals surface area contributed by atoms with Crippen molar-refractivity contribution in [1.82, 2.24) is 9.62 Å². The zero-order chi connectivity index (χ0) is 20.9. The predicted molar refractivity (Wildman–Crippen MR) is 108 cm³/mol. The highest BCUT2D eigenvalue weighted by Gasteiger charge is 2.27. The number of methoxy groups -OCH3 is 1. The third-order valence-electron chi connectivity index (χ3n) is 4.72. The Balaban J connectivity index is 1.54. The highest BCUT2D eigenvalue weighted by Crippen LogP contribution is 2.18. The van der Waals surface area contributed by atoms with Gasteiger partial charge < -0.3 is 15.0 Å². The lowest BCUT2D eigenvalue weighted by atomic mass is 10.1. The molecule has 29 heavy (non-hydrogen) atoms. The Bertz CT molecular complexity index is 1010. The number of anilines is 1. The van der Waals surface area contributed by atoms with E-state index in [1.807, 2.05) is 6.07 Å². The zero-order valence-electron chi connectivity index (χ0n) is 16.0. The molecule has 2 N–H and O–H groups in total. The lowest BCUT2D eigenvalue weighted by Gasteiger charge is -2.32. The van der Waals surface area contributed by atoms with Crippen molar-refractivity contribution < 1.29 is 17.9 Å². The minimum absolute atomic E-state index is 0.0660. The van der Waals surface area contributed by atoms with Gasteiger partial charge in [0.2, 0.25) is 10.0 Å². The second-order valence-corrected chi connectivity index (χ2v) is 8.39. The fraction of sp³-hybridized carbons (Fsp3) is 0.300. The number of hydrogen-bond acceptors (Lipinski definition) is 5. The lowest BCUT2D eigenvalue weighted by Crippen LogP contribution is -2.47. The molecule has 9 heteroatoms. The molecule has 1 aliphatic heterocycles. The van der Waals surface area contributed by atoms with Gasteiger partial charge in [-0.3, -0.25) is 0 Å². The first-order valence-corrected chi connectivity index (χ1v) is 10.6. The molecule has 0 saturated carbocycles. The number of urea groups is 1. The Labute approximate surface area is 170 Å². The van der Waals surface area contributed by atoms with E-state index < -0.39 is 10.0 Å². The van der Waals surface area contributed by atoms with E-state index in [2.05, 4.69) is 10.0 Å². The average Bonchev–Trinajstić information content (AvgIpc) is 2.74. The molecular formula is C20H22N4O4S. The van der Waals surface area contributed by atoms with Crippen LogP contribution in [0.3, 0.4) is 0 Å². The summed E-state index contributed by atoms with van der Waals surface area (Å²) in [7, 11) is -2.14. The standard InChI is InChI=1S/C20H22N4O4S/c1-28-18-7-5-16(6-8-18)22-20(25)24-11-9-17(10-12-24)23-29(26,27)19-4-2-3-15(13-19)14-21/h2-8,13,17,23H,9-12H2,1H3,(H,22,25). The number of ether oxygens (including phenoxy) is 1. The summed E-state index contributed by atoms with van der Waals surface area (Å²) in [4.78, 5) is 14.1. The topological polar surface area (TPSA) is 112 Å². The number of nitrogens with zero attached hydrogens (tertiary/aromatic N) is 2. The van der Waals surface area contributed by atoms with Crippen molar-refractivity contribution in [3.8, 4) is 11.8 Å². The maximum absolute atomic E-state index is 12.6. The molecular weight excluding hydrogens is 392 g/mol. The maximum atomic E-state index is 12.6. The van der Waals surface area contributed by atoms with Gasteiger partial charge in [0.25, 0.3) is 0 Å². The van der Waals surface area contributed by atoms with E-state index in [4.69, 9.17) is 10.00 Å². The Morgan fingerprint density at radius 3 is 2.48 bits per heavy atom. The van der Waals surface area contributed by atoms with Gasteiger partial charge in [0.1, 0.15) is 5.75 Å². The molecule has 0 radical (unpaired) electrons. The van der Waals surface area contributed by atoms with Crippen molar-refractivity contribution >= 4 is 21.7 Å². The van der Waals surface area contributed by atoms with Gasteiger partial charge in [-0.2, -0.15) is 5.26 Å². The number of carbonyl (C=O) groups excluding carboxylic acids is 1. The Kier molecular flexibility index (Phi) is 6.36. The van der Waals surface area contributed by atoms with Crippen LogP contribution in [0.15, 0.2) is 53.4 Å². The van der Waals surface area contributed by atoms with Crippen molar-refractivity contribution in [3.05, 3.63) is 54.1 Å². The van der Waals surface area contributed by atoms with Crippen LogP contribution in [0.4, 0.5) is 10.5 Å². The molecule has 8 nitrogen and oxygen atoms in total. The number of amides is 2. The molecule has 2 aromatic carbocycles. The number of benzene rings is 2. The van der Waals surface area contributed by atoms with Crippen molar-refractivity contribution in [2.75, 3.05) is 25.5 Å². The van der Waals surface area contributed by atoms with Crippen LogP contribution in [-0.2, 0) is 10.0 Å². The lowest BCUT2D eigenvalue weighted by molar-refractivity contribution is 0.193. The summed E-state index contributed by atoms with van der Waals surface area (Å²) in [5, 5.41) is 11.8. The monoisotopic (exact) mass is 414 g/mol. The number of piperidine rings is 1. The van der Waals surface area contributed by atoms with Crippen LogP contribution < -0.4 is 14.8 Å². The van der Waals surface area contributed by atoms with Gasteiger partial charge in [0.05, 0.1) is 23.6 Å². The molecule has 0 spiro atoms. The molecule has 3 rings (SSSR count). The first kappa shape index (κ1) is 20.6. The fourth-order valence-corrected chi connectivity index (χ4v) is 4.45. The van der Waals surface area contributed by atoms with Crippen molar-refractivity contribution in [1.29, 1.82) is 5.26 Å². The Hall–Kier alpha value is -3.09. The molecule has 0 aliphatic carbocycles. The number of sulfonamides is 1. The number of likely N-dealkylation sites (tertiary alicyclic amines) is 1. The van der Waals surface area contributed by atoms with Gasteiger partial charge in [-0.05, 0) is 55.3 Å². The average molecular weight is 414 g/mol. The van der Waals surface area contributed by atoms with E-state index in [0.29, 0.717) is 37.4 Å². The van der Waals surface area contributed by atoms with Crippen LogP contribution in [-0.4, -0.2) is 45.6 Å². The molecule has 2 aromatic rings. The number of carbonyl (C=O) groups is 1. The zero-order valence-corrected chi connectivity index (χ0v) is 16.8. The molecule has 0 unspecified atom stereocenters. The van der Waals surface area contributed by atoms with E-state index in [0.717, 1.165) is 0 Å². The van der Waals surface area contributed by atoms with Gasteiger partial charge >= 0.3 is 6.03 Å². The summed E-state index contributed by atoms with van der Waals surface area (Å²) < 4.78 is 32.9. The minimum Gasteiger partial charge on any atom is -0.497 e. The van der Waals surface area contributed by atoms with E-state index in [-0.39, 0.29) is 22.5 Å². The molecule has 1 fully saturated rings. The molecule has 0 aromatic heterocycles. The quantitative estimate of drug-likeness (QED) is 0.781. The van der Waals surface area contributed by atoms with Crippen LogP contribution in [0.1, 0.15) is 18.4 Å². The van der Waals surface area contributed by atoms with E-state index in [1.165, 1.54) is 12.1 Å². The summed E-state index contributed by atoms with van der Waals surface area (Å²) in [5.74, 6) is 0.705. The Morgan fingerprint density at radius 2 is 1.86 bits per heavy atom. The predicted octanol–water partition coefficient (Wildman–Crippen LogP) is 2.54. The third-order valence-corrected chi connectivity index (χ3v) is 6.24. The normalized spacial score (nSPS) is 14.8. The van der Waals surface area contributed by atoms with Crippen LogP contribution in [0.2, 0.25) is 0 Å². The second kappa shape index (κ2) is 8.94. The smallest absolute Gasteiger partial charge is 0.321 e. The van der Waals surface area contributed by atoms with Gasteiger partial charge in [-0.25, -0.2) is 17.9 Å². The Morgan fingerprint density at radius 1 is 1.17 bits per heavy atom. The first-order chi connectivity index (χ1) is 13.9. The van der Waals surface area contributed by atoms with Gasteiger partial charge in [-0.15, -0.1) is 0 Å². The third kappa shape index (κ3) is 5.25. The summed E-state index contributed by atoms with van der Waals surface area (Å²) in [6.45, 7) is 0.876. The van der Waals surface area contributed by atoms with E-state index in [9.17, 15) is 13.2 Å². The van der Waals surface area contributed by atoms with Crippen LogP contribution >= 0.6 is 0 Å². The molecule has 152 valence electrons.